The maximum Gasteiger partial charge on any atom is 0.168 e. The maximum atomic E-state index is 5.54. The normalized spacial score (nSPS) is 20.1. The second-order valence-electron chi connectivity index (χ2n) is 5.49. The van der Waals surface area contributed by atoms with Crippen LogP contribution >= 0.6 is 12.2 Å². The number of benzene rings is 1. The number of aromatic nitrogens is 1. The van der Waals surface area contributed by atoms with E-state index in [1.54, 1.807) is 0 Å². The number of aromatic amines is 1. The van der Waals surface area contributed by atoms with Gasteiger partial charge in [0.2, 0.25) is 0 Å². The highest BCUT2D eigenvalue weighted by atomic mass is 32.1. The molecule has 106 valence electrons. The van der Waals surface area contributed by atoms with Gasteiger partial charge in [0.15, 0.2) is 5.11 Å². The van der Waals surface area contributed by atoms with Crippen LogP contribution < -0.4 is 16.4 Å². The van der Waals surface area contributed by atoms with Crippen molar-refractivity contribution >= 4 is 33.9 Å². The first-order chi connectivity index (χ1) is 9.65. The molecule has 5 heteroatoms. The summed E-state index contributed by atoms with van der Waals surface area (Å²) >= 11 is 4.90. The van der Waals surface area contributed by atoms with Gasteiger partial charge in [-0.3, -0.25) is 0 Å². The number of hydrogen-bond donors (Lipinski definition) is 4. The highest BCUT2D eigenvalue weighted by Crippen LogP contribution is 2.32. The summed E-state index contributed by atoms with van der Waals surface area (Å²) in [7, 11) is 0. The Kier molecular flexibility index (Phi) is 3.63. The molecule has 0 radical (unpaired) electrons. The number of nitrogens with two attached hydrogens (primary N) is 1. The maximum absolute atomic E-state index is 5.54. The number of thiocarbonyl (C=S) groups is 1. The Morgan fingerprint density at radius 2 is 2.35 bits per heavy atom. The summed E-state index contributed by atoms with van der Waals surface area (Å²) in [5.41, 5.74) is 8.99. The lowest BCUT2D eigenvalue weighted by atomic mass is 9.92. The molecule has 1 aliphatic rings. The van der Waals surface area contributed by atoms with Gasteiger partial charge in [-0.15, -0.1) is 0 Å². The molecule has 1 aromatic carbocycles. The zero-order valence-electron chi connectivity index (χ0n) is 11.6. The monoisotopic (exact) mass is 288 g/mol. The molecule has 1 aromatic heterocycles. The molecule has 3 rings (SSSR count). The Labute approximate surface area is 124 Å². The first-order valence-electron chi connectivity index (χ1n) is 7.06. The van der Waals surface area contributed by atoms with Gasteiger partial charge in [0.25, 0.3) is 0 Å². The van der Waals surface area contributed by atoms with Gasteiger partial charge in [-0.25, -0.2) is 0 Å². The first-order valence-corrected chi connectivity index (χ1v) is 7.47. The highest BCUT2D eigenvalue weighted by Gasteiger charge is 2.24. The molecule has 1 saturated heterocycles. The fourth-order valence-electron chi connectivity index (χ4n) is 3.09. The molecule has 2 unspecified atom stereocenters. The summed E-state index contributed by atoms with van der Waals surface area (Å²) in [5.74, 6) is 0.492. The van der Waals surface area contributed by atoms with Crippen LogP contribution in [0.15, 0.2) is 24.4 Å². The Morgan fingerprint density at radius 3 is 3.05 bits per heavy atom. The average molecular weight is 288 g/mol. The molecule has 0 bridgehead atoms. The summed E-state index contributed by atoms with van der Waals surface area (Å²) < 4.78 is 0. The zero-order chi connectivity index (χ0) is 14.1. The van der Waals surface area contributed by atoms with Gasteiger partial charge in [0.1, 0.15) is 0 Å². The number of hydrogen-bond acceptors (Lipinski definition) is 2. The molecule has 2 heterocycles. The lowest BCUT2D eigenvalue weighted by Crippen LogP contribution is -2.27. The van der Waals surface area contributed by atoms with Crippen LogP contribution in [0.1, 0.15) is 31.2 Å². The molecule has 4 nitrogen and oxygen atoms in total. The van der Waals surface area contributed by atoms with Crippen molar-refractivity contribution in [3.05, 3.63) is 30.0 Å². The molecule has 1 fully saturated rings. The van der Waals surface area contributed by atoms with E-state index >= 15 is 0 Å². The standard InChI is InChI=1S/C15H20N4S/c1-9(13-3-2-6-17-13)12-8-18-14-5-4-10(7-11(12)14)19-15(16)20/h4-5,7-9,13,17-18H,2-3,6H2,1H3,(H3,16,19,20). The molecule has 0 amide bonds. The second kappa shape index (κ2) is 5.42. The number of H-pyrrole nitrogens is 1. The topological polar surface area (TPSA) is 65.9 Å². The SMILES string of the molecule is CC(c1c[nH]c2ccc(NC(N)=S)cc12)C1CCCN1. The van der Waals surface area contributed by atoms with E-state index in [0.29, 0.717) is 17.1 Å². The van der Waals surface area contributed by atoms with Gasteiger partial charge in [0, 0.05) is 28.8 Å². The minimum atomic E-state index is 0.298. The number of anilines is 1. The number of rotatable bonds is 3. The minimum absolute atomic E-state index is 0.298. The number of nitrogens with one attached hydrogen (secondary N) is 3. The molecule has 1 aliphatic heterocycles. The van der Waals surface area contributed by atoms with E-state index in [4.69, 9.17) is 18.0 Å². The highest BCUT2D eigenvalue weighted by molar-refractivity contribution is 7.80. The van der Waals surface area contributed by atoms with Crippen molar-refractivity contribution < 1.29 is 0 Å². The van der Waals surface area contributed by atoms with Crippen LogP contribution in [-0.4, -0.2) is 22.7 Å². The summed E-state index contributed by atoms with van der Waals surface area (Å²) in [5, 5.41) is 8.13. The van der Waals surface area contributed by atoms with Crippen LogP contribution in [0.2, 0.25) is 0 Å². The van der Waals surface area contributed by atoms with Crippen LogP contribution in [0, 0.1) is 0 Å². The van der Waals surface area contributed by atoms with Crippen LogP contribution in [0.3, 0.4) is 0 Å². The van der Waals surface area contributed by atoms with Crippen LogP contribution in [0.25, 0.3) is 10.9 Å². The molecule has 0 spiro atoms. The third-order valence-corrected chi connectivity index (χ3v) is 4.28. The fourth-order valence-corrected chi connectivity index (χ4v) is 3.21. The van der Waals surface area contributed by atoms with E-state index in [2.05, 4.69) is 40.9 Å². The van der Waals surface area contributed by atoms with Crippen molar-refractivity contribution in [2.24, 2.45) is 5.73 Å². The largest absolute Gasteiger partial charge is 0.376 e. The Bertz CT molecular complexity index is 628. The minimum Gasteiger partial charge on any atom is -0.376 e. The van der Waals surface area contributed by atoms with E-state index in [-0.39, 0.29) is 0 Å². The number of fused-ring (bicyclic) bond motifs is 1. The van der Waals surface area contributed by atoms with Gasteiger partial charge in [-0.2, -0.15) is 0 Å². The van der Waals surface area contributed by atoms with Gasteiger partial charge in [0.05, 0.1) is 0 Å². The first kappa shape index (κ1) is 13.4. The summed E-state index contributed by atoms with van der Waals surface area (Å²) in [6.45, 7) is 3.42. The summed E-state index contributed by atoms with van der Waals surface area (Å²) in [4.78, 5) is 3.35. The van der Waals surface area contributed by atoms with Crippen molar-refractivity contribution in [3.8, 4) is 0 Å². The van der Waals surface area contributed by atoms with Crippen molar-refractivity contribution in [2.45, 2.75) is 31.7 Å². The van der Waals surface area contributed by atoms with Crippen LogP contribution in [0.4, 0.5) is 5.69 Å². The van der Waals surface area contributed by atoms with E-state index < -0.39 is 0 Å². The third kappa shape index (κ3) is 2.51. The molecule has 20 heavy (non-hydrogen) atoms. The summed E-state index contributed by atoms with van der Waals surface area (Å²) in [6, 6.07) is 6.74. The Hall–Kier alpha value is -1.59. The Morgan fingerprint density at radius 1 is 1.50 bits per heavy atom. The predicted molar refractivity (Wildman–Crippen MR) is 88.1 cm³/mol. The second-order valence-corrected chi connectivity index (χ2v) is 5.92. The third-order valence-electron chi connectivity index (χ3n) is 4.17. The lowest BCUT2D eigenvalue weighted by Gasteiger charge is -2.19. The lowest BCUT2D eigenvalue weighted by molar-refractivity contribution is 0.520. The van der Waals surface area contributed by atoms with E-state index in [0.717, 1.165) is 17.7 Å². The van der Waals surface area contributed by atoms with Crippen molar-refractivity contribution in [1.82, 2.24) is 10.3 Å². The zero-order valence-corrected chi connectivity index (χ0v) is 12.4. The molecule has 2 aromatic rings. The predicted octanol–water partition coefficient (Wildman–Crippen LogP) is 2.68. The molecule has 0 aliphatic carbocycles. The van der Waals surface area contributed by atoms with Gasteiger partial charge in [-0.05, 0) is 61.3 Å². The summed E-state index contributed by atoms with van der Waals surface area (Å²) in [6.07, 6.45) is 4.64. The van der Waals surface area contributed by atoms with Gasteiger partial charge in [-0.1, -0.05) is 6.92 Å². The van der Waals surface area contributed by atoms with Crippen molar-refractivity contribution in [2.75, 3.05) is 11.9 Å². The van der Waals surface area contributed by atoms with E-state index in [1.807, 2.05) is 6.07 Å². The van der Waals surface area contributed by atoms with Crippen LogP contribution in [0.5, 0.6) is 0 Å². The van der Waals surface area contributed by atoms with E-state index in [1.165, 1.54) is 23.8 Å². The van der Waals surface area contributed by atoms with Crippen molar-refractivity contribution in [1.29, 1.82) is 0 Å². The van der Waals surface area contributed by atoms with E-state index in [9.17, 15) is 0 Å². The molecular weight excluding hydrogens is 268 g/mol. The van der Waals surface area contributed by atoms with Gasteiger partial charge < -0.3 is 21.4 Å². The molecule has 0 saturated carbocycles. The average Bonchev–Trinajstić information content (AvgIpc) is 3.06. The Balaban J connectivity index is 1.95. The van der Waals surface area contributed by atoms with Gasteiger partial charge >= 0.3 is 0 Å². The molecular formula is C15H20N4S. The fraction of sp³-hybridized carbons (Fsp3) is 0.400. The smallest absolute Gasteiger partial charge is 0.168 e. The van der Waals surface area contributed by atoms with Crippen LogP contribution in [-0.2, 0) is 0 Å². The molecule has 5 N–H and O–H groups in total. The van der Waals surface area contributed by atoms with Crippen molar-refractivity contribution in [3.63, 3.8) is 0 Å². The quantitative estimate of drug-likeness (QED) is 0.656. The molecule has 2 atom stereocenters.